The molecule has 0 aromatic heterocycles. The van der Waals surface area contributed by atoms with Gasteiger partial charge in [-0.2, -0.15) is 0 Å². The van der Waals surface area contributed by atoms with Gasteiger partial charge in [-0.3, -0.25) is 0 Å². The van der Waals surface area contributed by atoms with Crippen molar-refractivity contribution in [2.75, 3.05) is 6.54 Å². The van der Waals surface area contributed by atoms with Crippen molar-refractivity contribution in [2.45, 2.75) is 39.2 Å². The fraction of sp³-hybridized carbons (Fsp3) is 0.538. The summed E-state index contributed by atoms with van der Waals surface area (Å²) in [6.07, 6.45) is 0.571. The molecule has 0 fully saturated rings. The van der Waals surface area contributed by atoms with E-state index in [0.717, 1.165) is 17.7 Å². The third-order valence-electron chi connectivity index (χ3n) is 3.10. The first-order valence-electron chi connectivity index (χ1n) is 5.62. The molecule has 1 aliphatic heterocycles. The number of halogens is 2. The topological polar surface area (TPSA) is 12.0 Å². The lowest BCUT2D eigenvalue weighted by atomic mass is 9.80. The normalized spacial score (nSPS) is 16.1. The van der Waals surface area contributed by atoms with Crippen LogP contribution in [0.1, 0.15) is 37.5 Å². The molecular formula is C13H17F2N. The number of fused-ring (bicyclic) bond motifs is 1. The van der Waals surface area contributed by atoms with Crippen molar-refractivity contribution in [3.8, 4) is 0 Å². The molecule has 0 atom stereocenters. The minimum absolute atomic E-state index is 0.155. The van der Waals surface area contributed by atoms with E-state index in [0.29, 0.717) is 18.5 Å². The zero-order chi connectivity index (χ0) is 11.9. The van der Waals surface area contributed by atoms with Crippen molar-refractivity contribution in [3.63, 3.8) is 0 Å². The van der Waals surface area contributed by atoms with Crippen molar-refractivity contribution in [1.82, 2.24) is 5.32 Å². The van der Waals surface area contributed by atoms with Gasteiger partial charge in [0, 0.05) is 6.54 Å². The Morgan fingerprint density at radius 1 is 1.19 bits per heavy atom. The minimum Gasteiger partial charge on any atom is -0.312 e. The van der Waals surface area contributed by atoms with E-state index in [2.05, 4.69) is 5.32 Å². The van der Waals surface area contributed by atoms with Gasteiger partial charge in [-0.15, -0.1) is 0 Å². The molecule has 1 aromatic rings. The van der Waals surface area contributed by atoms with Crippen LogP contribution in [0.4, 0.5) is 8.78 Å². The average Bonchev–Trinajstić information content (AvgIpc) is 2.22. The molecule has 0 unspecified atom stereocenters. The molecule has 0 amide bonds. The number of rotatable bonds is 0. The average molecular weight is 225 g/mol. The molecule has 0 bridgehead atoms. The summed E-state index contributed by atoms with van der Waals surface area (Å²) in [7, 11) is 0. The lowest BCUT2D eigenvalue weighted by Crippen LogP contribution is -2.29. The van der Waals surface area contributed by atoms with Crippen LogP contribution in [0.5, 0.6) is 0 Å². The van der Waals surface area contributed by atoms with Crippen LogP contribution in [0.25, 0.3) is 0 Å². The van der Waals surface area contributed by atoms with Gasteiger partial charge in [-0.05, 0) is 41.1 Å². The zero-order valence-corrected chi connectivity index (χ0v) is 9.95. The van der Waals surface area contributed by atoms with Gasteiger partial charge in [0.25, 0.3) is 0 Å². The van der Waals surface area contributed by atoms with Crippen molar-refractivity contribution in [2.24, 2.45) is 0 Å². The van der Waals surface area contributed by atoms with E-state index in [1.807, 2.05) is 20.8 Å². The lowest BCUT2D eigenvalue weighted by molar-refractivity contribution is 0.471. The molecular weight excluding hydrogens is 208 g/mol. The highest BCUT2D eigenvalue weighted by molar-refractivity contribution is 5.42. The van der Waals surface area contributed by atoms with Gasteiger partial charge < -0.3 is 5.32 Å². The molecule has 0 spiro atoms. The number of benzene rings is 1. The van der Waals surface area contributed by atoms with Crippen LogP contribution >= 0.6 is 0 Å². The lowest BCUT2D eigenvalue weighted by Gasteiger charge is -2.28. The number of hydrogen-bond acceptors (Lipinski definition) is 1. The van der Waals surface area contributed by atoms with Crippen molar-refractivity contribution in [1.29, 1.82) is 0 Å². The maximum absolute atomic E-state index is 13.6. The molecule has 1 aliphatic rings. The molecule has 1 heterocycles. The maximum Gasteiger partial charge on any atom is 0.162 e. The van der Waals surface area contributed by atoms with E-state index in [9.17, 15) is 8.78 Å². The highest BCUT2D eigenvalue weighted by Gasteiger charge is 2.26. The molecule has 1 aromatic carbocycles. The van der Waals surface area contributed by atoms with Gasteiger partial charge in [0.2, 0.25) is 0 Å². The van der Waals surface area contributed by atoms with Gasteiger partial charge >= 0.3 is 0 Å². The van der Waals surface area contributed by atoms with Gasteiger partial charge in [0.1, 0.15) is 0 Å². The zero-order valence-electron chi connectivity index (χ0n) is 9.95. The minimum atomic E-state index is -0.717. The molecule has 1 nitrogen and oxygen atoms in total. The van der Waals surface area contributed by atoms with Gasteiger partial charge in [0.15, 0.2) is 11.6 Å². The molecule has 1 N–H and O–H groups in total. The van der Waals surface area contributed by atoms with Gasteiger partial charge in [-0.1, -0.05) is 20.8 Å². The summed E-state index contributed by atoms with van der Waals surface area (Å²) in [6.45, 7) is 7.42. The molecule has 0 saturated carbocycles. The number of hydrogen-bond donors (Lipinski definition) is 1. The second-order valence-electron chi connectivity index (χ2n) is 5.35. The Morgan fingerprint density at radius 3 is 2.50 bits per heavy atom. The molecule has 3 heteroatoms. The van der Waals surface area contributed by atoms with Crippen LogP contribution < -0.4 is 5.32 Å². The Bertz CT molecular complexity index is 419. The molecule has 0 radical (unpaired) electrons. The smallest absolute Gasteiger partial charge is 0.162 e. The summed E-state index contributed by atoms with van der Waals surface area (Å²) in [6, 6.07) is 1.35. The Hall–Kier alpha value is -0.960. The Balaban J connectivity index is 2.67. The molecule has 16 heavy (non-hydrogen) atoms. The standard InChI is InChI=1S/C13H17F2N/c1-13(2,3)10-6-11(14)12(15)8-4-5-16-7-9(8)10/h6,16H,4-5,7H2,1-3H3. The Morgan fingerprint density at radius 2 is 1.88 bits per heavy atom. The van der Waals surface area contributed by atoms with Crippen LogP contribution in [0, 0.1) is 11.6 Å². The predicted octanol–water partition coefficient (Wildman–Crippen LogP) is 2.91. The Kier molecular flexibility index (Phi) is 2.74. The quantitative estimate of drug-likeness (QED) is 0.716. The van der Waals surface area contributed by atoms with Gasteiger partial charge in [-0.25, -0.2) is 8.78 Å². The SMILES string of the molecule is CC(C)(C)c1cc(F)c(F)c2c1CNCC2. The first-order valence-corrected chi connectivity index (χ1v) is 5.62. The summed E-state index contributed by atoms with van der Waals surface area (Å²) >= 11 is 0. The summed E-state index contributed by atoms with van der Waals surface area (Å²) in [4.78, 5) is 0. The van der Waals surface area contributed by atoms with Crippen LogP contribution in [0.2, 0.25) is 0 Å². The van der Waals surface area contributed by atoms with Crippen LogP contribution in [-0.2, 0) is 18.4 Å². The van der Waals surface area contributed by atoms with Crippen LogP contribution in [0.3, 0.4) is 0 Å². The van der Waals surface area contributed by atoms with E-state index < -0.39 is 11.6 Å². The van der Waals surface area contributed by atoms with E-state index >= 15 is 0 Å². The van der Waals surface area contributed by atoms with Crippen LogP contribution in [0.15, 0.2) is 6.07 Å². The molecule has 0 aliphatic carbocycles. The highest BCUT2D eigenvalue weighted by atomic mass is 19.2. The van der Waals surface area contributed by atoms with E-state index in [1.165, 1.54) is 6.07 Å². The third-order valence-corrected chi connectivity index (χ3v) is 3.10. The summed E-state index contributed by atoms with van der Waals surface area (Å²) in [5.41, 5.74) is 2.26. The predicted molar refractivity (Wildman–Crippen MR) is 60.5 cm³/mol. The summed E-state index contributed by atoms with van der Waals surface area (Å²) < 4.78 is 27.2. The Labute approximate surface area is 94.9 Å². The maximum atomic E-state index is 13.6. The fourth-order valence-corrected chi connectivity index (χ4v) is 2.27. The van der Waals surface area contributed by atoms with E-state index in [-0.39, 0.29) is 5.41 Å². The molecule has 88 valence electrons. The van der Waals surface area contributed by atoms with Crippen molar-refractivity contribution in [3.05, 3.63) is 34.4 Å². The highest BCUT2D eigenvalue weighted by Crippen LogP contribution is 2.32. The summed E-state index contributed by atoms with van der Waals surface area (Å²) in [5, 5.41) is 3.21. The van der Waals surface area contributed by atoms with E-state index in [1.54, 1.807) is 0 Å². The first kappa shape index (κ1) is 11.5. The third kappa shape index (κ3) is 1.84. The van der Waals surface area contributed by atoms with Gasteiger partial charge in [0.05, 0.1) is 0 Å². The molecule has 0 saturated heterocycles. The van der Waals surface area contributed by atoms with Crippen molar-refractivity contribution >= 4 is 0 Å². The van der Waals surface area contributed by atoms with E-state index in [4.69, 9.17) is 0 Å². The molecule has 2 rings (SSSR count). The largest absolute Gasteiger partial charge is 0.312 e. The summed E-state index contributed by atoms with van der Waals surface area (Å²) in [5.74, 6) is -1.38. The van der Waals surface area contributed by atoms with Crippen LogP contribution in [-0.4, -0.2) is 6.54 Å². The second-order valence-corrected chi connectivity index (χ2v) is 5.35. The van der Waals surface area contributed by atoms with Crippen molar-refractivity contribution < 1.29 is 8.78 Å². The first-order chi connectivity index (χ1) is 7.41. The monoisotopic (exact) mass is 225 g/mol. The fourth-order valence-electron chi connectivity index (χ4n) is 2.27. The second kappa shape index (κ2) is 3.81. The number of nitrogens with one attached hydrogen (secondary N) is 1.